The molecule has 2 heterocycles. The van der Waals surface area contributed by atoms with E-state index in [1.807, 2.05) is 27.7 Å². The molecule has 0 bridgehead atoms. The third-order valence-electron chi connectivity index (χ3n) is 3.55. The second kappa shape index (κ2) is 8.58. The Morgan fingerprint density at radius 3 is 2.56 bits per heavy atom. The maximum Gasteiger partial charge on any atom is 0.225 e. The molecule has 0 fully saturated rings. The van der Waals surface area contributed by atoms with Crippen LogP contribution in [-0.4, -0.2) is 29.9 Å². The predicted molar refractivity (Wildman–Crippen MR) is 104 cm³/mol. The molecule has 2 aromatic heterocycles. The molecule has 2 amide bonds. The molecule has 0 aliphatic carbocycles. The van der Waals surface area contributed by atoms with Crippen LogP contribution >= 0.6 is 22.7 Å². The van der Waals surface area contributed by atoms with Crippen LogP contribution in [0.5, 0.6) is 0 Å². The van der Waals surface area contributed by atoms with Gasteiger partial charge in [-0.2, -0.15) is 0 Å². The Morgan fingerprint density at radius 2 is 1.92 bits per heavy atom. The number of rotatable bonds is 7. The summed E-state index contributed by atoms with van der Waals surface area (Å²) in [4.78, 5) is 30.4. The smallest absolute Gasteiger partial charge is 0.225 e. The van der Waals surface area contributed by atoms with Crippen molar-refractivity contribution in [3.63, 3.8) is 0 Å². The monoisotopic (exact) mass is 379 g/mol. The number of hydrogen-bond donors (Lipinski definition) is 2. The maximum absolute atomic E-state index is 11.8. The van der Waals surface area contributed by atoms with Crippen molar-refractivity contribution in [2.45, 2.75) is 40.5 Å². The maximum atomic E-state index is 11.8. The fraction of sp³-hybridized carbons (Fsp3) is 0.500. The summed E-state index contributed by atoms with van der Waals surface area (Å²) in [5.41, 5.74) is 0.598. The Labute approximate surface area is 156 Å². The van der Waals surface area contributed by atoms with Crippen LogP contribution in [0, 0.1) is 12.3 Å². The Bertz CT molecular complexity index is 729. The van der Waals surface area contributed by atoms with Gasteiger partial charge in [0, 0.05) is 35.2 Å². The summed E-state index contributed by atoms with van der Waals surface area (Å²) in [6.07, 6.45) is 1.10. The zero-order valence-electron chi connectivity index (χ0n) is 15.1. The van der Waals surface area contributed by atoms with Gasteiger partial charge in [-0.1, -0.05) is 20.8 Å². The number of aryl methyl sites for hydroxylation is 1. The normalized spacial score (nSPS) is 11.4. The van der Waals surface area contributed by atoms with Gasteiger partial charge in [0.25, 0.3) is 0 Å². The second-order valence-corrected chi connectivity index (χ2v) is 9.10. The molecule has 0 aromatic carbocycles. The van der Waals surface area contributed by atoms with Gasteiger partial charge in [-0.15, -0.1) is 22.7 Å². The Hall–Kier alpha value is -1.73. The minimum absolute atomic E-state index is 0.0382. The summed E-state index contributed by atoms with van der Waals surface area (Å²) in [6, 6.07) is 4.17. The van der Waals surface area contributed by atoms with E-state index < -0.39 is 5.41 Å². The molecule has 2 N–H and O–H groups in total. The standard InChI is InChI=1S/C18H25N3O2S2/c1-12-21-14(11-24-12)15-6-5-13(25-15)7-9-19-16(22)8-10-20-17(23)18(2,3)4/h5-6,11H,7-10H2,1-4H3,(H,19,22)(H,20,23). The van der Waals surface area contributed by atoms with Crippen molar-refractivity contribution in [2.24, 2.45) is 5.41 Å². The average Bonchev–Trinajstić information content (AvgIpc) is 3.15. The summed E-state index contributed by atoms with van der Waals surface area (Å²) in [6.45, 7) is 8.53. The SMILES string of the molecule is Cc1nc(-c2ccc(CCNC(=O)CCNC(=O)C(C)(C)C)s2)cs1. The van der Waals surface area contributed by atoms with Crippen LogP contribution in [0.1, 0.15) is 37.1 Å². The zero-order valence-corrected chi connectivity index (χ0v) is 16.8. The molecular formula is C18H25N3O2S2. The molecule has 2 aromatic rings. The van der Waals surface area contributed by atoms with E-state index in [1.165, 1.54) is 4.88 Å². The molecule has 0 aliphatic rings. The molecule has 0 aliphatic heterocycles. The van der Waals surface area contributed by atoms with Crippen LogP contribution in [0.4, 0.5) is 0 Å². The topological polar surface area (TPSA) is 71.1 Å². The molecule has 25 heavy (non-hydrogen) atoms. The first-order valence-electron chi connectivity index (χ1n) is 8.32. The molecule has 5 nitrogen and oxygen atoms in total. The van der Waals surface area contributed by atoms with E-state index in [0.717, 1.165) is 22.0 Å². The van der Waals surface area contributed by atoms with Crippen LogP contribution in [0.3, 0.4) is 0 Å². The summed E-state index contributed by atoms with van der Waals surface area (Å²) in [5, 5.41) is 8.81. The summed E-state index contributed by atoms with van der Waals surface area (Å²) in [7, 11) is 0. The summed E-state index contributed by atoms with van der Waals surface area (Å²) in [5.74, 6) is -0.0789. The van der Waals surface area contributed by atoms with Crippen molar-refractivity contribution in [1.29, 1.82) is 0 Å². The predicted octanol–water partition coefficient (Wildman–Crippen LogP) is 3.39. The van der Waals surface area contributed by atoms with Crippen molar-refractivity contribution in [2.75, 3.05) is 13.1 Å². The van der Waals surface area contributed by atoms with E-state index in [1.54, 1.807) is 22.7 Å². The third-order valence-corrected chi connectivity index (χ3v) is 5.49. The van der Waals surface area contributed by atoms with Gasteiger partial charge in [0.1, 0.15) is 0 Å². The van der Waals surface area contributed by atoms with Gasteiger partial charge in [0.05, 0.1) is 15.6 Å². The van der Waals surface area contributed by atoms with Gasteiger partial charge in [-0.3, -0.25) is 9.59 Å². The molecular weight excluding hydrogens is 354 g/mol. The molecule has 0 atom stereocenters. The van der Waals surface area contributed by atoms with Gasteiger partial charge in [0.2, 0.25) is 11.8 Å². The van der Waals surface area contributed by atoms with Crippen molar-refractivity contribution in [3.05, 3.63) is 27.4 Å². The molecule has 0 spiro atoms. The van der Waals surface area contributed by atoms with Gasteiger partial charge in [0.15, 0.2) is 0 Å². The number of carbonyl (C=O) groups excluding carboxylic acids is 2. The first-order valence-corrected chi connectivity index (χ1v) is 10.0. The fourth-order valence-corrected chi connectivity index (χ4v) is 3.75. The van der Waals surface area contributed by atoms with Gasteiger partial charge >= 0.3 is 0 Å². The Balaban J connectivity index is 1.68. The summed E-state index contributed by atoms with van der Waals surface area (Å²) >= 11 is 3.36. The first-order chi connectivity index (χ1) is 11.8. The number of thiazole rings is 1. The fourth-order valence-electron chi connectivity index (χ4n) is 2.09. The van der Waals surface area contributed by atoms with E-state index in [4.69, 9.17) is 0 Å². The molecule has 7 heteroatoms. The number of carbonyl (C=O) groups is 2. The van der Waals surface area contributed by atoms with Crippen LogP contribution in [0.15, 0.2) is 17.5 Å². The van der Waals surface area contributed by atoms with E-state index in [-0.39, 0.29) is 11.8 Å². The van der Waals surface area contributed by atoms with Crippen molar-refractivity contribution in [3.8, 4) is 10.6 Å². The Kier molecular flexibility index (Phi) is 6.72. The van der Waals surface area contributed by atoms with Gasteiger partial charge in [-0.05, 0) is 25.5 Å². The van der Waals surface area contributed by atoms with E-state index in [0.29, 0.717) is 19.5 Å². The molecule has 0 saturated carbocycles. The van der Waals surface area contributed by atoms with Gasteiger partial charge < -0.3 is 10.6 Å². The molecule has 0 unspecified atom stereocenters. The van der Waals surface area contributed by atoms with E-state index >= 15 is 0 Å². The average molecular weight is 380 g/mol. The van der Waals surface area contributed by atoms with Crippen molar-refractivity contribution in [1.82, 2.24) is 15.6 Å². The number of hydrogen-bond acceptors (Lipinski definition) is 5. The highest BCUT2D eigenvalue weighted by Crippen LogP contribution is 2.29. The zero-order chi connectivity index (χ0) is 18.4. The van der Waals surface area contributed by atoms with Crippen molar-refractivity contribution >= 4 is 34.5 Å². The highest BCUT2D eigenvalue weighted by molar-refractivity contribution is 7.16. The third kappa shape index (κ3) is 6.25. The lowest BCUT2D eigenvalue weighted by atomic mass is 9.96. The number of nitrogens with zero attached hydrogens (tertiary/aromatic N) is 1. The molecule has 136 valence electrons. The lowest BCUT2D eigenvalue weighted by molar-refractivity contribution is -0.128. The second-order valence-electron chi connectivity index (χ2n) is 6.87. The minimum Gasteiger partial charge on any atom is -0.356 e. The first kappa shape index (κ1) is 19.6. The molecule has 0 radical (unpaired) electrons. The number of aromatic nitrogens is 1. The van der Waals surface area contributed by atoms with E-state index in [2.05, 4.69) is 33.1 Å². The lowest BCUT2D eigenvalue weighted by Crippen LogP contribution is -2.37. The van der Waals surface area contributed by atoms with Crippen LogP contribution in [-0.2, 0) is 16.0 Å². The van der Waals surface area contributed by atoms with Crippen molar-refractivity contribution < 1.29 is 9.59 Å². The highest BCUT2D eigenvalue weighted by Gasteiger charge is 2.20. The highest BCUT2D eigenvalue weighted by atomic mass is 32.1. The lowest BCUT2D eigenvalue weighted by Gasteiger charge is -2.17. The minimum atomic E-state index is -0.427. The Morgan fingerprint density at radius 1 is 1.16 bits per heavy atom. The number of nitrogens with one attached hydrogen (secondary N) is 2. The molecule has 0 saturated heterocycles. The summed E-state index contributed by atoms with van der Waals surface area (Å²) < 4.78 is 0. The number of thiophene rings is 1. The van der Waals surface area contributed by atoms with Crippen LogP contribution in [0.2, 0.25) is 0 Å². The molecule has 2 rings (SSSR count). The quantitative estimate of drug-likeness (QED) is 0.775. The number of amides is 2. The van der Waals surface area contributed by atoms with E-state index in [9.17, 15) is 9.59 Å². The van der Waals surface area contributed by atoms with Crippen LogP contribution < -0.4 is 10.6 Å². The van der Waals surface area contributed by atoms with Gasteiger partial charge in [-0.25, -0.2) is 4.98 Å². The van der Waals surface area contributed by atoms with Crippen LogP contribution in [0.25, 0.3) is 10.6 Å². The largest absolute Gasteiger partial charge is 0.356 e.